The van der Waals surface area contributed by atoms with Crippen molar-refractivity contribution in [3.05, 3.63) is 29.8 Å². The zero-order valence-electron chi connectivity index (χ0n) is 13.2. The number of aliphatic carboxylic acids is 1. The van der Waals surface area contributed by atoms with E-state index in [0.717, 1.165) is 5.56 Å². The van der Waals surface area contributed by atoms with E-state index in [1.807, 2.05) is 6.92 Å². The topological polar surface area (TPSA) is 113 Å². The SMILES string of the molecule is CCCC(NC(=O)CCc1ccc(S(=O)(=O)NC)cc1)C(=O)O. The second-order valence-electron chi connectivity index (χ2n) is 5.10. The van der Waals surface area contributed by atoms with Crippen molar-refractivity contribution in [2.45, 2.75) is 43.5 Å². The van der Waals surface area contributed by atoms with Crippen LogP contribution in [-0.4, -0.2) is 38.5 Å². The predicted molar refractivity (Wildman–Crippen MR) is 85.5 cm³/mol. The molecule has 1 unspecified atom stereocenters. The number of benzene rings is 1. The summed E-state index contributed by atoms with van der Waals surface area (Å²) in [5, 5.41) is 11.5. The highest BCUT2D eigenvalue weighted by atomic mass is 32.2. The molecule has 128 valence electrons. The number of rotatable bonds is 9. The molecule has 1 aromatic carbocycles. The molecule has 1 amide bonds. The second-order valence-corrected chi connectivity index (χ2v) is 6.99. The van der Waals surface area contributed by atoms with Gasteiger partial charge in [-0.15, -0.1) is 0 Å². The summed E-state index contributed by atoms with van der Waals surface area (Å²) in [6.07, 6.45) is 1.60. The number of amides is 1. The average Bonchev–Trinajstić information content (AvgIpc) is 2.52. The van der Waals surface area contributed by atoms with Crippen LogP contribution in [0.2, 0.25) is 0 Å². The monoisotopic (exact) mass is 342 g/mol. The molecule has 0 aromatic heterocycles. The molecule has 23 heavy (non-hydrogen) atoms. The Morgan fingerprint density at radius 3 is 2.30 bits per heavy atom. The fourth-order valence-electron chi connectivity index (χ4n) is 2.02. The zero-order chi connectivity index (χ0) is 17.5. The predicted octanol–water partition coefficient (Wildman–Crippen LogP) is 0.897. The average molecular weight is 342 g/mol. The van der Waals surface area contributed by atoms with Gasteiger partial charge in [0.2, 0.25) is 15.9 Å². The van der Waals surface area contributed by atoms with Gasteiger partial charge in [-0.1, -0.05) is 25.5 Å². The zero-order valence-corrected chi connectivity index (χ0v) is 14.0. The van der Waals surface area contributed by atoms with Crippen molar-refractivity contribution in [1.29, 1.82) is 0 Å². The molecule has 0 aliphatic rings. The maximum atomic E-state index is 11.8. The summed E-state index contributed by atoms with van der Waals surface area (Å²) in [5.41, 5.74) is 0.803. The van der Waals surface area contributed by atoms with Gasteiger partial charge < -0.3 is 10.4 Å². The third-order valence-corrected chi connectivity index (χ3v) is 4.78. The van der Waals surface area contributed by atoms with E-state index in [1.165, 1.54) is 19.2 Å². The third-order valence-electron chi connectivity index (χ3n) is 3.35. The number of nitrogens with one attached hydrogen (secondary N) is 2. The normalized spacial score (nSPS) is 12.6. The van der Waals surface area contributed by atoms with Gasteiger partial charge in [0.1, 0.15) is 6.04 Å². The van der Waals surface area contributed by atoms with Crippen LogP contribution in [0.1, 0.15) is 31.7 Å². The lowest BCUT2D eigenvalue weighted by Crippen LogP contribution is -2.40. The number of hydrogen-bond donors (Lipinski definition) is 3. The van der Waals surface area contributed by atoms with E-state index in [1.54, 1.807) is 12.1 Å². The van der Waals surface area contributed by atoms with Crippen molar-refractivity contribution in [1.82, 2.24) is 10.0 Å². The van der Waals surface area contributed by atoms with Crippen molar-refractivity contribution >= 4 is 21.9 Å². The molecule has 0 aliphatic heterocycles. The minimum Gasteiger partial charge on any atom is -0.480 e. The molecule has 0 aliphatic carbocycles. The number of sulfonamides is 1. The maximum absolute atomic E-state index is 11.8. The second kappa shape index (κ2) is 8.64. The number of carboxylic acids is 1. The summed E-state index contributed by atoms with van der Waals surface area (Å²) in [6.45, 7) is 1.85. The summed E-state index contributed by atoms with van der Waals surface area (Å²) in [7, 11) is -2.14. The molecule has 1 rings (SSSR count). The Balaban J connectivity index is 2.58. The van der Waals surface area contributed by atoms with Gasteiger partial charge in [0.05, 0.1) is 4.90 Å². The van der Waals surface area contributed by atoms with Gasteiger partial charge in [-0.3, -0.25) is 4.79 Å². The molecule has 0 bridgehead atoms. The smallest absolute Gasteiger partial charge is 0.326 e. The first kappa shape index (κ1) is 19.1. The highest BCUT2D eigenvalue weighted by Gasteiger charge is 2.18. The summed E-state index contributed by atoms with van der Waals surface area (Å²) < 4.78 is 25.4. The van der Waals surface area contributed by atoms with Crippen LogP contribution in [0.4, 0.5) is 0 Å². The quantitative estimate of drug-likeness (QED) is 0.617. The Morgan fingerprint density at radius 1 is 1.22 bits per heavy atom. The van der Waals surface area contributed by atoms with Gasteiger partial charge in [0, 0.05) is 6.42 Å². The van der Waals surface area contributed by atoms with Gasteiger partial charge in [-0.05, 0) is 37.6 Å². The Bertz CT molecular complexity index is 640. The molecule has 8 heteroatoms. The van der Waals surface area contributed by atoms with Crippen LogP contribution in [0.5, 0.6) is 0 Å². The summed E-state index contributed by atoms with van der Waals surface area (Å²) in [5.74, 6) is -1.38. The van der Waals surface area contributed by atoms with Gasteiger partial charge >= 0.3 is 5.97 Å². The first-order chi connectivity index (χ1) is 10.8. The van der Waals surface area contributed by atoms with Crippen LogP contribution in [0, 0.1) is 0 Å². The van der Waals surface area contributed by atoms with Crippen molar-refractivity contribution in [3.63, 3.8) is 0 Å². The molecule has 0 saturated heterocycles. The van der Waals surface area contributed by atoms with Crippen LogP contribution in [0.25, 0.3) is 0 Å². The molecule has 3 N–H and O–H groups in total. The fraction of sp³-hybridized carbons (Fsp3) is 0.467. The molecule has 0 heterocycles. The summed E-state index contributed by atoms with van der Waals surface area (Å²) in [4.78, 5) is 22.9. The van der Waals surface area contributed by atoms with E-state index in [4.69, 9.17) is 5.11 Å². The summed E-state index contributed by atoms with van der Waals surface area (Å²) in [6, 6.07) is 5.35. The highest BCUT2D eigenvalue weighted by Crippen LogP contribution is 2.11. The Hall–Kier alpha value is -1.93. The highest BCUT2D eigenvalue weighted by molar-refractivity contribution is 7.89. The molecule has 0 spiro atoms. The standard InChI is InChI=1S/C15H22N2O5S/c1-3-4-13(15(19)20)17-14(18)10-7-11-5-8-12(9-6-11)23(21,22)16-2/h5-6,8-9,13,16H,3-4,7,10H2,1-2H3,(H,17,18)(H,19,20). The lowest BCUT2D eigenvalue weighted by atomic mass is 10.1. The van der Waals surface area contributed by atoms with Crippen molar-refractivity contribution in [3.8, 4) is 0 Å². The largest absolute Gasteiger partial charge is 0.480 e. The number of hydrogen-bond acceptors (Lipinski definition) is 4. The van der Waals surface area contributed by atoms with Crippen molar-refractivity contribution in [2.75, 3.05) is 7.05 Å². The Labute approximate surface area is 136 Å². The van der Waals surface area contributed by atoms with E-state index in [2.05, 4.69) is 10.0 Å². The first-order valence-corrected chi connectivity index (χ1v) is 8.83. The van der Waals surface area contributed by atoms with Gasteiger partial charge in [0.25, 0.3) is 0 Å². The fourth-order valence-corrected chi connectivity index (χ4v) is 2.75. The maximum Gasteiger partial charge on any atom is 0.326 e. The van der Waals surface area contributed by atoms with Crippen molar-refractivity contribution < 1.29 is 23.1 Å². The van der Waals surface area contributed by atoms with Gasteiger partial charge in [-0.25, -0.2) is 17.9 Å². The molecule has 1 atom stereocenters. The van der Waals surface area contributed by atoms with Crippen LogP contribution < -0.4 is 10.0 Å². The molecule has 0 radical (unpaired) electrons. The lowest BCUT2D eigenvalue weighted by Gasteiger charge is -2.13. The van der Waals surface area contributed by atoms with Crippen molar-refractivity contribution in [2.24, 2.45) is 0 Å². The van der Waals surface area contributed by atoms with E-state index in [-0.39, 0.29) is 17.2 Å². The molecule has 7 nitrogen and oxygen atoms in total. The number of aryl methyl sites for hydroxylation is 1. The lowest BCUT2D eigenvalue weighted by molar-refractivity contribution is -0.142. The van der Waals surface area contributed by atoms with Crippen LogP contribution in [0.3, 0.4) is 0 Å². The van der Waals surface area contributed by atoms with E-state index < -0.39 is 22.0 Å². The number of carbonyl (C=O) groups is 2. The molecular formula is C15H22N2O5S. The number of carbonyl (C=O) groups excluding carboxylic acids is 1. The minimum atomic E-state index is -3.47. The van der Waals surface area contributed by atoms with Crippen LogP contribution >= 0.6 is 0 Å². The minimum absolute atomic E-state index is 0.144. The molecule has 0 fully saturated rings. The summed E-state index contributed by atoms with van der Waals surface area (Å²) >= 11 is 0. The Kier molecular flexibility index (Phi) is 7.18. The Morgan fingerprint density at radius 2 is 1.83 bits per heavy atom. The third kappa shape index (κ3) is 5.99. The van der Waals surface area contributed by atoms with Gasteiger partial charge in [-0.2, -0.15) is 0 Å². The molecule has 1 aromatic rings. The van der Waals surface area contributed by atoms with Gasteiger partial charge in [0.15, 0.2) is 0 Å². The van der Waals surface area contributed by atoms with Crippen LogP contribution in [-0.2, 0) is 26.0 Å². The molecule has 0 saturated carbocycles. The number of carboxylic acid groups (broad SMARTS) is 1. The van der Waals surface area contributed by atoms with E-state index >= 15 is 0 Å². The molecular weight excluding hydrogens is 320 g/mol. The van der Waals surface area contributed by atoms with E-state index in [9.17, 15) is 18.0 Å². The van der Waals surface area contributed by atoms with E-state index in [0.29, 0.717) is 19.3 Å². The van der Waals surface area contributed by atoms with Crippen LogP contribution in [0.15, 0.2) is 29.2 Å². The first-order valence-electron chi connectivity index (χ1n) is 7.34.